The van der Waals surface area contributed by atoms with E-state index in [1.54, 1.807) is 11.6 Å². The van der Waals surface area contributed by atoms with E-state index in [2.05, 4.69) is 134 Å². The van der Waals surface area contributed by atoms with Crippen molar-refractivity contribution in [2.45, 2.75) is 72.6 Å². The van der Waals surface area contributed by atoms with Crippen LogP contribution in [0.2, 0.25) is 0 Å². The van der Waals surface area contributed by atoms with E-state index in [4.69, 9.17) is 5.10 Å². The Morgan fingerprint density at radius 1 is 0.878 bits per heavy atom. The number of benzene rings is 2. The van der Waals surface area contributed by atoms with E-state index in [0.717, 1.165) is 29.1 Å². The van der Waals surface area contributed by atoms with Gasteiger partial charge in [0.2, 0.25) is 0 Å². The smallest absolute Gasteiger partial charge is 0.0934 e. The molecular weight excluding hydrogens is 498 g/mol. The Morgan fingerprint density at radius 2 is 1.51 bits per heavy atom. The summed E-state index contributed by atoms with van der Waals surface area (Å²) in [7, 11) is 0. The molecule has 1 aliphatic rings. The molecule has 0 spiro atoms. The summed E-state index contributed by atoms with van der Waals surface area (Å²) in [6.45, 7) is 11.7. The topological polar surface area (TPSA) is 22.8 Å². The molecule has 1 aliphatic carbocycles. The van der Waals surface area contributed by atoms with Crippen LogP contribution in [0, 0.1) is 19.8 Å². The maximum absolute atomic E-state index is 5.08. The van der Waals surface area contributed by atoms with Crippen molar-refractivity contribution in [3.8, 4) is 35.5 Å². The van der Waals surface area contributed by atoms with Crippen LogP contribution >= 0.6 is 0 Å². The van der Waals surface area contributed by atoms with Crippen LogP contribution in [0.5, 0.6) is 0 Å². The van der Waals surface area contributed by atoms with Crippen LogP contribution in [0.1, 0.15) is 75.5 Å². The monoisotopic (exact) mass is 543 g/mol. The number of hydrogen-bond donors (Lipinski definition) is 0. The number of allylic oxidation sites excluding steroid dienone is 5. The summed E-state index contributed by atoms with van der Waals surface area (Å²) in [5, 5.41) is 5.08. The summed E-state index contributed by atoms with van der Waals surface area (Å²) >= 11 is 0. The lowest BCUT2D eigenvalue weighted by Gasteiger charge is -2.16. The molecule has 212 valence electrons. The van der Waals surface area contributed by atoms with Crippen molar-refractivity contribution in [3.05, 3.63) is 120 Å². The van der Waals surface area contributed by atoms with Crippen LogP contribution in [0.4, 0.5) is 0 Å². The minimum atomic E-state index is 0.889. The third kappa shape index (κ3) is 7.68. The highest BCUT2D eigenvalue weighted by atomic mass is 15.3. The van der Waals surface area contributed by atoms with Gasteiger partial charge in [-0.25, -0.2) is 4.68 Å². The number of rotatable bonds is 6. The highest BCUT2D eigenvalue weighted by Crippen LogP contribution is 2.30. The molecular formula is C38H45N3. The zero-order valence-corrected chi connectivity index (χ0v) is 25.3. The average Bonchev–Trinajstić information content (AvgIpc) is 3.57. The molecule has 3 nitrogen and oxygen atoms in total. The molecule has 0 saturated heterocycles. The van der Waals surface area contributed by atoms with Crippen molar-refractivity contribution < 1.29 is 0 Å². The SMILES string of the molecule is C#C.C/C=C\C/C(=C\C)c1cc(-c2ccccc2)nn1-c1ccc(-n2c(C)cc3c2CCCCCC3)cc1.C=CC. The van der Waals surface area contributed by atoms with Crippen molar-refractivity contribution in [1.82, 2.24) is 14.3 Å². The van der Waals surface area contributed by atoms with Gasteiger partial charge in [-0.15, -0.1) is 19.4 Å². The molecule has 3 heteroatoms. The first-order chi connectivity index (χ1) is 20.1. The second-order valence-electron chi connectivity index (χ2n) is 10.2. The Balaban J connectivity index is 0.000000868. The van der Waals surface area contributed by atoms with E-state index in [-0.39, 0.29) is 0 Å². The van der Waals surface area contributed by atoms with Gasteiger partial charge in [0.05, 0.1) is 17.1 Å². The standard InChI is InChI=1S/C33H37N3.C3H6.C2H2/c1-4-6-14-26(5-2)33-24-31(27-15-11-9-12-16-27)34-36(33)30-21-19-29(20-22-30)35-25(3)23-28-17-10-7-8-13-18-32(28)35;1-3-2;1-2/h4-6,9,11-12,15-16,19-24H,7-8,10,13-14,17-18H2,1-3H3;3H,1H2,2H3;1-2H/b6-4-,26-5+;;. The normalized spacial score (nSPS) is 13.2. The van der Waals surface area contributed by atoms with E-state index in [1.165, 1.54) is 61.2 Å². The van der Waals surface area contributed by atoms with E-state index < -0.39 is 0 Å². The molecule has 0 aliphatic heterocycles. The van der Waals surface area contributed by atoms with Gasteiger partial charge >= 0.3 is 0 Å². The van der Waals surface area contributed by atoms with Gasteiger partial charge in [-0.05, 0) is 107 Å². The van der Waals surface area contributed by atoms with Crippen molar-refractivity contribution >= 4 is 5.57 Å². The Hall–Kier alpha value is -4.29. The zero-order valence-electron chi connectivity index (χ0n) is 25.3. The van der Waals surface area contributed by atoms with Gasteiger partial charge in [-0.1, -0.05) is 67.5 Å². The molecule has 0 fully saturated rings. The molecule has 0 amide bonds. The van der Waals surface area contributed by atoms with Crippen LogP contribution in [-0.2, 0) is 12.8 Å². The van der Waals surface area contributed by atoms with Crippen molar-refractivity contribution in [2.24, 2.45) is 0 Å². The maximum atomic E-state index is 5.08. The van der Waals surface area contributed by atoms with Gasteiger partial charge in [0.1, 0.15) is 0 Å². The van der Waals surface area contributed by atoms with Gasteiger partial charge in [-0.3, -0.25) is 0 Å². The highest BCUT2D eigenvalue weighted by Gasteiger charge is 2.17. The van der Waals surface area contributed by atoms with Crippen molar-refractivity contribution in [1.29, 1.82) is 0 Å². The first-order valence-corrected chi connectivity index (χ1v) is 14.7. The molecule has 4 aromatic rings. The number of hydrogen-bond acceptors (Lipinski definition) is 1. The zero-order chi connectivity index (χ0) is 29.6. The highest BCUT2D eigenvalue weighted by molar-refractivity contribution is 5.71. The first-order valence-electron chi connectivity index (χ1n) is 14.7. The third-order valence-corrected chi connectivity index (χ3v) is 7.37. The molecule has 2 heterocycles. The largest absolute Gasteiger partial charge is 0.318 e. The third-order valence-electron chi connectivity index (χ3n) is 7.37. The average molecular weight is 544 g/mol. The molecule has 5 rings (SSSR count). The van der Waals surface area contributed by atoms with E-state index in [9.17, 15) is 0 Å². The van der Waals surface area contributed by atoms with Crippen LogP contribution < -0.4 is 0 Å². The van der Waals surface area contributed by atoms with Gasteiger partial charge in [0.25, 0.3) is 0 Å². The van der Waals surface area contributed by atoms with Gasteiger partial charge in [0.15, 0.2) is 0 Å². The number of fused-ring (bicyclic) bond motifs is 1. The lowest BCUT2D eigenvalue weighted by molar-refractivity contribution is 0.606. The fourth-order valence-electron chi connectivity index (χ4n) is 5.48. The molecule has 0 unspecified atom stereocenters. The Labute approximate surface area is 247 Å². The van der Waals surface area contributed by atoms with Crippen molar-refractivity contribution in [3.63, 3.8) is 0 Å². The molecule has 2 aromatic heterocycles. The van der Waals surface area contributed by atoms with Crippen LogP contribution in [-0.4, -0.2) is 14.3 Å². The number of terminal acetylenes is 1. The van der Waals surface area contributed by atoms with E-state index >= 15 is 0 Å². The Kier molecular flexibility index (Phi) is 12.3. The molecule has 41 heavy (non-hydrogen) atoms. The quantitative estimate of drug-likeness (QED) is 0.175. The molecule has 0 atom stereocenters. The fraction of sp³-hybridized carbons (Fsp3) is 0.289. The Bertz CT molecular complexity index is 1460. The molecule has 0 N–H and O–H groups in total. The van der Waals surface area contributed by atoms with Crippen LogP contribution in [0.15, 0.2) is 97.6 Å². The summed E-state index contributed by atoms with van der Waals surface area (Å²) in [5.41, 5.74) is 11.3. The summed E-state index contributed by atoms with van der Waals surface area (Å²) < 4.78 is 4.59. The second kappa shape index (κ2) is 16.1. The van der Waals surface area contributed by atoms with Crippen LogP contribution in [0.25, 0.3) is 28.2 Å². The second-order valence-corrected chi connectivity index (χ2v) is 10.2. The van der Waals surface area contributed by atoms with Gasteiger partial charge in [0, 0.05) is 22.6 Å². The minimum absolute atomic E-state index is 0.889. The predicted octanol–water partition coefficient (Wildman–Crippen LogP) is 10.1. The minimum Gasteiger partial charge on any atom is -0.318 e. The molecule has 2 aromatic carbocycles. The Morgan fingerprint density at radius 3 is 2.15 bits per heavy atom. The predicted molar refractivity (Wildman–Crippen MR) is 178 cm³/mol. The fourth-order valence-corrected chi connectivity index (χ4v) is 5.48. The number of nitrogens with zero attached hydrogens (tertiary/aromatic N) is 3. The number of aryl methyl sites for hydroxylation is 2. The maximum Gasteiger partial charge on any atom is 0.0934 e. The summed E-state index contributed by atoms with van der Waals surface area (Å²) in [6, 6.07) is 24.0. The van der Waals surface area contributed by atoms with Gasteiger partial charge in [-0.2, -0.15) is 5.10 Å². The molecule has 0 radical (unpaired) electrons. The summed E-state index contributed by atoms with van der Waals surface area (Å²) in [5.74, 6) is 0. The molecule has 0 bridgehead atoms. The van der Waals surface area contributed by atoms with Gasteiger partial charge < -0.3 is 4.57 Å². The lowest BCUT2D eigenvalue weighted by Crippen LogP contribution is -2.07. The van der Waals surface area contributed by atoms with E-state index in [0.29, 0.717) is 0 Å². The molecule has 0 saturated carbocycles. The number of aromatic nitrogens is 3. The summed E-state index contributed by atoms with van der Waals surface area (Å²) in [6.07, 6.45) is 24.8. The van der Waals surface area contributed by atoms with Crippen LogP contribution in [0.3, 0.4) is 0 Å². The summed E-state index contributed by atoms with van der Waals surface area (Å²) in [4.78, 5) is 0. The lowest BCUT2D eigenvalue weighted by atomic mass is 9.99. The van der Waals surface area contributed by atoms with Crippen molar-refractivity contribution in [2.75, 3.05) is 0 Å². The van der Waals surface area contributed by atoms with E-state index in [1.807, 2.05) is 6.92 Å². The first kappa shape index (κ1) is 31.2.